The van der Waals surface area contributed by atoms with Crippen molar-refractivity contribution >= 4 is 5.91 Å². The van der Waals surface area contributed by atoms with Crippen LogP contribution in [0.4, 0.5) is 0 Å². The second-order valence-corrected chi connectivity index (χ2v) is 9.61. The van der Waals surface area contributed by atoms with E-state index in [9.17, 15) is 4.79 Å². The Morgan fingerprint density at radius 3 is 2.55 bits per heavy atom. The number of aromatic nitrogens is 1. The smallest absolute Gasteiger partial charge is 0.223 e. The number of oxazole rings is 1. The maximum Gasteiger partial charge on any atom is 0.223 e. The van der Waals surface area contributed by atoms with Crippen LogP contribution in [0.1, 0.15) is 62.9 Å². The average molecular weight is 396 g/mol. The molecule has 2 aromatic rings. The Balaban J connectivity index is 1.27. The second-order valence-electron chi connectivity index (χ2n) is 9.61. The number of amides is 1. The Bertz CT molecular complexity index is 830. The lowest BCUT2D eigenvalue weighted by molar-refractivity contribution is -0.133. The van der Waals surface area contributed by atoms with Crippen molar-refractivity contribution in [1.29, 1.82) is 0 Å². The van der Waals surface area contributed by atoms with Crippen LogP contribution in [0.3, 0.4) is 0 Å². The third-order valence-corrected chi connectivity index (χ3v) is 6.14. The van der Waals surface area contributed by atoms with Crippen LogP contribution in [0.2, 0.25) is 0 Å². The largest absolute Gasteiger partial charge is 0.445 e. The molecule has 0 unspecified atom stereocenters. The van der Waals surface area contributed by atoms with Crippen LogP contribution in [0.15, 0.2) is 34.7 Å². The van der Waals surface area contributed by atoms with E-state index in [1.165, 1.54) is 5.56 Å². The zero-order valence-corrected chi connectivity index (χ0v) is 18.0. The SMILES string of the molecule is CC(C)(C)c1nc2c(o1)CCN(C(=O)CC1CCN(Cc3ccccc3)CC1)C2. The molecule has 0 N–H and O–H groups in total. The van der Waals surface area contributed by atoms with Gasteiger partial charge in [0.05, 0.1) is 6.54 Å². The second kappa shape index (κ2) is 8.31. The lowest BCUT2D eigenvalue weighted by Gasteiger charge is -2.33. The molecule has 156 valence electrons. The van der Waals surface area contributed by atoms with Crippen LogP contribution in [0, 0.1) is 5.92 Å². The molecule has 0 aliphatic carbocycles. The van der Waals surface area contributed by atoms with Gasteiger partial charge in [-0.05, 0) is 37.4 Å². The molecule has 1 aromatic heterocycles. The van der Waals surface area contributed by atoms with E-state index >= 15 is 0 Å². The Kier molecular flexibility index (Phi) is 5.77. The number of benzene rings is 1. The van der Waals surface area contributed by atoms with Gasteiger partial charge in [0.1, 0.15) is 11.5 Å². The molecule has 1 saturated heterocycles. The molecule has 0 spiro atoms. The fourth-order valence-electron chi connectivity index (χ4n) is 4.30. The van der Waals surface area contributed by atoms with Crippen LogP contribution in [0.25, 0.3) is 0 Å². The lowest BCUT2D eigenvalue weighted by atomic mass is 9.92. The first-order valence-electron chi connectivity index (χ1n) is 10.9. The molecule has 2 aliphatic heterocycles. The van der Waals surface area contributed by atoms with E-state index in [1.807, 2.05) is 4.90 Å². The van der Waals surface area contributed by atoms with E-state index in [-0.39, 0.29) is 11.3 Å². The van der Waals surface area contributed by atoms with Crippen molar-refractivity contribution in [3.63, 3.8) is 0 Å². The highest BCUT2D eigenvalue weighted by Crippen LogP contribution is 2.29. The summed E-state index contributed by atoms with van der Waals surface area (Å²) in [6.07, 6.45) is 3.66. The quantitative estimate of drug-likeness (QED) is 0.780. The highest BCUT2D eigenvalue weighted by molar-refractivity contribution is 5.76. The van der Waals surface area contributed by atoms with Gasteiger partial charge < -0.3 is 9.32 Å². The fraction of sp³-hybridized carbons (Fsp3) is 0.583. The van der Waals surface area contributed by atoms with Crippen molar-refractivity contribution in [1.82, 2.24) is 14.8 Å². The summed E-state index contributed by atoms with van der Waals surface area (Å²) in [5.41, 5.74) is 2.22. The van der Waals surface area contributed by atoms with Gasteiger partial charge in [0.2, 0.25) is 5.91 Å². The summed E-state index contributed by atoms with van der Waals surface area (Å²) in [5.74, 6) is 2.52. The lowest BCUT2D eigenvalue weighted by Crippen LogP contribution is -2.39. The number of hydrogen-bond acceptors (Lipinski definition) is 4. The predicted molar refractivity (Wildman–Crippen MR) is 113 cm³/mol. The minimum absolute atomic E-state index is 0.0973. The summed E-state index contributed by atoms with van der Waals surface area (Å²) in [4.78, 5) is 22.1. The molecule has 5 nitrogen and oxygen atoms in total. The van der Waals surface area contributed by atoms with Crippen LogP contribution in [-0.4, -0.2) is 40.3 Å². The first kappa shape index (κ1) is 20.1. The minimum Gasteiger partial charge on any atom is -0.445 e. The van der Waals surface area contributed by atoms with E-state index in [2.05, 4.69) is 61.0 Å². The van der Waals surface area contributed by atoms with Gasteiger partial charge in [0.15, 0.2) is 5.89 Å². The first-order valence-corrected chi connectivity index (χ1v) is 10.9. The van der Waals surface area contributed by atoms with Gasteiger partial charge in [-0.1, -0.05) is 51.1 Å². The molecule has 2 aliphatic rings. The Morgan fingerprint density at radius 2 is 1.86 bits per heavy atom. The van der Waals surface area contributed by atoms with Gasteiger partial charge in [-0.25, -0.2) is 4.98 Å². The summed E-state index contributed by atoms with van der Waals surface area (Å²) in [6.45, 7) is 10.8. The maximum absolute atomic E-state index is 12.9. The van der Waals surface area contributed by atoms with Gasteiger partial charge in [-0.3, -0.25) is 9.69 Å². The van der Waals surface area contributed by atoms with Crippen molar-refractivity contribution in [2.75, 3.05) is 19.6 Å². The summed E-state index contributed by atoms with van der Waals surface area (Å²) < 4.78 is 5.95. The summed E-state index contributed by atoms with van der Waals surface area (Å²) in [6, 6.07) is 10.6. The van der Waals surface area contributed by atoms with Crippen molar-refractivity contribution in [2.45, 2.75) is 65.0 Å². The van der Waals surface area contributed by atoms with Gasteiger partial charge in [0, 0.05) is 31.3 Å². The topological polar surface area (TPSA) is 49.6 Å². The van der Waals surface area contributed by atoms with Crippen LogP contribution < -0.4 is 0 Å². The van der Waals surface area contributed by atoms with Crippen molar-refractivity contribution in [3.05, 3.63) is 53.2 Å². The predicted octanol–water partition coefficient (Wildman–Crippen LogP) is 4.16. The van der Waals surface area contributed by atoms with Gasteiger partial charge in [-0.15, -0.1) is 0 Å². The van der Waals surface area contributed by atoms with Gasteiger partial charge in [-0.2, -0.15) is 0 Å². The number of rotatable bonds is 4. The number of nitrogens with zero attached hydrogens (tertiary/aromatic N) is 3. The molecule has 3 heterocycles. The molecule has 1 fully saturated rings. The molecule has 0 atom stereocenters. The Hall–Kier alpha value is -2.14. The normalized spacial score (nSPS) is 18.7. The van der Waals surface area contributed by atoms with Gasteiger partial charge >= 0.3 is 0 Å². The Labute approximate surface area is 174 Å². The molecule has 1 aromatic carbocycles. The van der Waals surface area contributed by atoms with Crippen molar-refractivity contribution in [2.24, 2.45) is 5.92 Å². The van der Waals surface area contributed by atoms with E-state index in [4.69, 9.17) is 4.42 Å². The minimum atomic E-state index is -0.0973. The molecule has 0 bridgehead atoms. The molecule has 5 heteroatoms. The van der Waals surface area contributed by atoms with E-state index in [0.29, 0.717) is 18.9 Å². The number of piperidine rings is 1. The van der Waals surface area contributed by atoms with E-state index in [1.54, 1.807) is 0 Å². The number of carbonyl (C=O) groups excluding carboxylic acids is 1. The number of likely N-dealkylation sites (tertiary alicyclic amines) is 1. The first-order chi connectivity index (χ1) is 13.9. The maximum atomic E-state index is 12.9. The molecule has 4 rings (SSSR count). The van der Waals surface area contributed by atoms with E-state index in [0.717, 1.165) is 62.8 Å². The molecule has 0 saturated carbocycles. The zero-order valence-electron chi connectivity index (χ0n) is 18.0. The van der Waals surface area contributed by atoms with Crippen molar-refractivity contribution in [3.8, 4) is 0 Å². The third-order valence-electron chi connectivity index (χ3n) is 6.14. The van der Waals surface area contributed by atoms with E-state index < -0.39 is 0 Å². The van der Waals surface area contributed by atoms with Crippen molar-refractivity contribution < 1.29 is 9.21 Å². The molecular formula is C24H33N3O2. The fourth-order valence-corrected chi connectivity index (χ4v) is 4.30. The van der Waals surface area contributed by atoms with Crippen LogP contribution in [-0.2, 0) is 29.7 Å². The van der Waals surface area contributed by atoms with Crippen LogP contribution >= 0.6 is 0 Å². The summed E-state index contributed by atoms with van der Waals surface area (Å²) in [7, 11) is 0. The molecule has 1 amide bonds. The monoisotopic (exact) mass is 395 g/mol. The summed E-state index contributed by atoms with van der Waals surface area (Å²) in [5, 5.41) is 0. The Morgan fingerprint density at radius 1 is 1.14 bits per heavy atom. The summed E-state index contributed by atoms with van der Waals surface area (Å²) >= 11 is 0. The molecule has 29 heavy (non-hydrogen) atoms. The number of hydrogen-bond donors (Lipinski definition) is 0. The zero-order chi connectivity index (χ0) is 20.4. The molecule has 0 radical (unpaired) electrons. The van der Waals surface area contributed by atoms with Gasteiger partial charge in [0.25, 0.3) is 0 Å². The standard InChI is InChI=1S/C24H33N3O2/c1-24(2,3)23-25-20-17-27(14-11-21(20)29-23)22(28)15-18-9-12-26(13-10-18)16-19-7-5-4-6-8-19/h4-8,18H,9-17H2,1-3H3. The third kappa shape index (κ3) is 4.89. The number of carbonyl (C=O) groups is 1. The highest BCUT2D eigenvalue weighted by atomic mass is 16.4. The highest BCUT2D eigenvalue weighted by Gasteiger charge is 2.30. The molecular weight excluding hydrogens is 362 g/mol. The van der Waals surface area contributed by atoms with Crippen LogP contribution in [0.5, 0.6) is 0 Å². The average Bonchev–Trinajstić information content (AvgIpc) is 3.14. The number of fused-ring (bicyclic) bond motifs is 1.